The van der Waals surface area contributed by atoms with Crippen LogP contribution in [0.3, 0.4) is 0 Å². The average Bonchev–Trinajstić information content (AvgIpc) is 2.64. The number of benzene rings is 1. The lowest BCUT2D eigenvalue weighted by atomic mass is 9.96. The van der Waals surface area contributed by atoms with Crippen LogP contribution >= 0.6 is 15.9 Å². The van der Waals surface area contributed by atoms with Crippen LogP contribution < -0.4 is 5.32 Å². The van der Waals surface area contributed by atoms with Crippen LogP contribution in [0.5, 0.6) is 0 Å². The van der Waals surface area contributed by atoms with E-state index in [1.165, 1.54) is 18.9 Å². The van der Waals surface area contributed by atoms with Gasteiger partial charge in [-0.15, -0.1) is 0 Å². The first-order valence-corrected chi connectivity index (χ1v) is 7.49. The number of hydrogen-bond donors (Lipinski definition) is 1. The topological polar surface area (TPSA) is 12.0 Å². The van der Waals surface area contributed by atoms with Crippen molar-refractivity contribution in [3.63, 3.8) is 0 Å². The highest BCUT2D eigenvalue weighted by Crippen LogP contribution is 2.33. The van der Waals surface area contributed by atoms with Gasteiger partial charge >= 0.3 is 0 Å². The SMILES string of the molecule is CC(NC1CCC(C)C1C)c1ccc(F)c(Br)c1. The third-order valence-electron chi connectivity index (χ3n) is 4.37. The van der Waals surface area contributed by atoms with Crippen LogP contribution in [-0.2, 0) is 0 Å². The average molecular weight is 314 g/mol. The van der Waals surface area contributed by atoms with E-state index in [4.69, 9.17) is 0 Å². The molecule has 1 aliphatic carbocycles. The third-order valence-corrected chi connectivity index (χ3v) is 4.98. The highest BCUT2D eigenvalue weighted by Gasteiger charge is 2.30. The minimum Gasteiger partial charge on any atom is -0.307 e. The Kier molecular flexibility index (Phi) is 4.44. The lowest BCUT2D eigenvalue weighted by Crippen LogP contribution is -2.34. The van der Waals surface area contributed by atoms with E-state index in [2.05, 4.69) is 42.0 Å². The molecule has 3 heteroatoms. The largest absolute Gasteiger partial charge is 0.307 e. The molecular weight excluding hydrogens is 293 g/mol. The number of rotatable bonds is 3. The summed E-state index contributed by atoms with van der Waals surface area (Å²) in [6.45, 7) is 6.80. The quantitative estimate of drug-likeness (QED) is 0.854. The van der Waals surface area contributed by atoms with Crippen LogP contribution in [0.4, 0.5) is 4.39 Å². The van der Waals surface area contributed by atoms with Gasteiger partial charge in [0.05, 0.1) is 4.47 Å². The van der Waals surface area contributed by atoms with Gasteiger partial charge in [0.1, 0.15) is 5.82 Å². The zero-order chi connectivity index (χ0) is 13.3. The molecule has 1 N–H and O–H groups in total. The fraction of sp³-hybridized carbons (Fsp3) is 0.600. The molecule has 1 saturated carbocycles. The lowest BCUT2D eigenvalue weighted by Gasteiger charge is -2.24. The van der Waals surface area contributed by atoms with E-state index in [0.29, 0.717) is 10.5 Å². The second-order valence-electron chi connectivity index (χ2n) is 5.58. The summed E-state index contributed by atoms with van der Waals surface area (Å²) >= 11 is 3.25. The molecule has 1 nitrogen and oxygen atoms in total. The van der Waals surface area contributed by atoms with Gasteiger partial charge in [0.2, 0.25) is 0 Å². The van der Waals surface area contributed by atoms with Crippen LogP contribution in [-0.4, -0.2) is 6.04 Å². The Morgan fingerprint density at radius 2 is 2.06 bits per heavy atom. The standard InChI is InChI=1S/C15H21BrFN/c1-9-4-7-15(10(9)2)18-11(3)12-5-6-14(17)13(16)8-12/h5-6,8-11,15,18H,4,7H2,1-3H3. The number of hydrogen-bond acceptors (Lipinski definition) is 1. The first-order chi connectivity index (χ1) is 8.49. The van der Waals surface area contributed by atoms with Crippen LogP contribution in [0.25, 0.3) is 0 Å². The van der Waals surface area contributed by atoms with Crippen molar-refractivity contribution in [3.8, 4) is 0 Å². The van der Waals surface area contributed by atoms with Gasteiger partial charge in [-0.1, -0.05) is 19.9 Å². The van der Waals surface area contributed by atoms with Gasteiger partial charge in [-0.3, -0.25) is 0 Å². The molecule has 1 aromatic rings. The van der Waals surface area contributed by atoms with E-state index in [0.717, 1.165) is 17.4 Å². The van der Waals surface area contributed by atoms with E-state index < -0.39 is 0 Å². The van der Waals surface area contributed by atoms with Gasteiger partial charge in [0.25, 0.3) is 0 Å². The van der Waals surface area contributed by atoms with E-state index >= 15 is 0 Å². The van der Waals surface area contributed by atoms with Crippen LogP contribution in [0.1, 0.15) is 45.2 Å². The van der Waals surface area contributed by atoms with Crippen molar-refractivity contribution in [3.05, 3.63) is 34.1 Å². The maximum Gasteiger partial charge on any atom is 0.137 e. The minimum absolute atomic E-state index is 0.200. The molecule has 0 aromatic heterocycles. The molecule has 18 heavy (non-hydrogen) atoms. The molecule has 0 saturated heterocycles. The summed E-state index contributed by atoms with van der Waals surface area (Å²) in [5, 5.41) is 3.68. The Morgan fingerprint density at radius 3 is 2.61 bits per heavy atom. The molecule has 1 fully saturated rings. The van der Waals surface area contributed by atoms with Crippen molar-refractivity contribution in [2.45, 2.75) is 45.7 Å². The highest BCUT2D eigenvalue weighted by molar-refractivity contribution is 9.10. The summed E-state index contributed by atoms with van der Waals surface area (Å²) in [4.78, 5) is 0. The van der Waals surface area contributed by atoms with Crippen molar-refractivity contribution in [2.75, 3.05) is 0 Å². The maximum atomic E-state index is 13.2. The molecule has 0 heterocycles. The zero-order valence-electron chi connectivity index (χ0n) is 11.2. The monoisotopic (exact) mass is 313 g/mol. The Bertz CT molecular complexity index is 421. The van der Waals surface area contributed by atoms with Crippen molar-refractivity contribution in [1.82, 2.24) is 5.32 Å². The summed E-state index contributed by atoms with van der Waals surface area (Å²) in [6, 6.07) is 6.10. The summed E-state index contributed by atoms with van der Waals surface area (Å²) in [5.74, 6) is 1.32. The smallest absolute Gasteiger partial charge is 0.137 e. The fourth-order valence-corrected chi connectivity index (χ4v) is 3.20. The molecule has 1 aliphatic rings. The van der Waals surface area contributed by atoms with Gasteiger partial charge in [-0.05, 0) is 65.2 Å². The molecule has 0 aliphatic heterocycles. The van der Waals surface area contributed by atoms with Crippen LogP contribution in [0.15, 0.2) is 22.7 Å². The lowest BCUT2D eigenvalue weighted by molar-refractivity contribution is 0.347. The van der Waals surface area contributed by atoms with Crippen molar-refractivity contribution in [1.29, 1.82) is 0 Å². The zero-order valence-corrected chi connectivity index (χ0v) is 12.8. The first-order valence-electron chi connectivity index (χ1n) is 6.70. The third kappa shape index (κ3) is 2.94. The minimum atomic E-state index is -0.200. The molecule has 1 aromatic carbocycles. The molecule has 0 radical (unpaired) electrons. The molecule has 0 spiro atoms. The predicted molar refractivity (Wildman–Crippen MR) is 77.0 cm³/mol. The molecule has 4 atom stereocenters. The second-order valence-corrected chi connectivity index (χ2v) is 6.44. The van der Waals surface area contributed by atoms with E-state index in [9.17, 15) is 4.39 Å². The molecule has 0 bridgehead atoms. The summed E-state index contributed by atoms with van der Waals surface area (Å²) in [7, 11) is 0. The van der Waals surface area contributed by atoms with Crippen LogP contribution in [0.2, 0.25) is 0 Å². The first kappa shape index (κ1) is 14.0. The molecule has 0 amide bonds. The van der Waals surface area contributed by atoms with Gasteiger partial charge in [0, 0.05) is 12.1 Å². The Balaban J connectivity index is 2.03. The fourth-order valence-electron chi connectivity index (χ4n) is 2.80. The summed E-state index contributed by atoms with van der Waals surface area (Å²) in [6.07, 6.45) is 2.55. The molecular formula is C15H21BrFN. The number of nitrogens with one attached hydrogen (secondary N) is 1. The molecule has 100 valence electrons. The van der Waals surface area contributed by atoms with Gasteiger partial charge in [-0.25, -0.2) is 4.39 Å². The number of halogens is 2. The Labute approximate surface area is 117 Å². The van der Waals surface area contributed by atoms with Gasteiger partial charge in [0.15, 0.2) is 0 Å². The van der Waals surface area contributed by atoms with Gasteiger partial charge in [-0.2, -0.15) is 0 Å². The molecule has 4 unspecified atom stereocenters. The maximum absolute atomic E-state index is 13.2. The van der Waals surface area contributed by atoms with Crippen LogP contribution in [0, 0.1) is 17.7 Å². The van der Waals surface area contributed by atoms with E-state index in [-0.39, 0.29) is 11.9 Å². The van der Waals surface area contributed by atoms with E-state index in [1.54, 1.807) is 0 Å². The molecule has 2 rings (SSSR count). The summed E-state index contributed by atoms with van der Waals surface area (Å²) in [5.41, 5.74) is 1.13. The van der Waals surface area contributed by atoms with E-state index in [1.807, 2.05) is 12.1 Å². The Hall–Kier alpha value is -0.410. The summed E-state index contributed by atoms with van der Waals surface area (Å²) < 4.78 is 13.8. The van der Waals surface area contributed by atoms with Crippen molar-refractivity contribution in [2.24, 2.45) is 11.8 Å². The highest BCUT2D eigenvalue weighted by atomic mass is 79.9. The second kappa shape index (κ2) is 5.70. The van der Waals surface area contributed by atoms with Gasteiger partial charge < -0.3 is 5.32 Å². The normalized spacial score (nSPS) is 29.5. The Morgan fingerprint density at radius 1 is 1.33 bits per heavy atom. The van der Waals surface area contributed by atoms with Crippen molar-refractivity contribution < 1.29 is 4.39 Å². The van der Waals surface area contributed by atoms with Crippen molar-refractivity contribution >= 4 is 15.9 Å². The predicted octanol–water partition coefficient (Wildman–Crippen LogP) is 4.67.